The van der Waals surface area contributed by atoms with Crippen molar-refractivity contribution in [1.29, 1.82) is 0 Å². The lowest BCUT2D eigenvalue weighted by atomic mass is 10.1. The van der Waals surface area contributed by atoms with Crippen LogP contribution in [0.5, 0.6) is 0 Å². The summed E-state index contributed by atoms with van der Waals surface area (Å²) in [5.74, 6) is 0. The molecule has 102 valence electrons. The molecule has 2 heteroatoms. The highest BCUT2D eigenvalue weighted by molar-refractivity contribution is 4.68. The molecule has 0 N–H and O–H groups in total. The van der Waals surface area contributed by atoms with Gasteiger partial charge in [0.2, 0.25) is 0 Å². The number of ether oxygens (including phenoxy) is 1. The summed E-state index contributed by atoms with van der Waals surface area (Å²) in [7, 11) is 0. The molecule has 0 aromatic carbocycles. The Morgan fingerprint density at radius 3 is 1.94 bits per heavy atom. The zero-order chi connectivity index (χ0) is 12.3. The molecule has 0 saturated carbocycles. The average Bonchev–Trinajstić information content (AvgIpc) is 3.16. The van der Waals surface area contributed by atoms with Crippen molar-refractivity contribution in [3.05, 3.63) is 0 Å². The molecule has 0 spiro atoms. The summed E-state index contributed by atoms with van der Waals surface area (Å²) in [6, 6.07) is 0. The van der Waals surface area contributed by atoms with E-state index in [2.05, 4.69) is 18.7 Å². The Hall–Kier alpha value is -0.0800. The largest absolute Gasteiger partial charge is 0.373 e. The summed E-state index contributed by atoms with van der Waals surface area (Å²) in [5, 5.41) is 0. The van der Waals surface area contributed by atoms with Gasteiger partial charge in [0.1, 0.15) is 0 Å². The second kappa shape index (κ2) is 9.90. The van der Waals surface area contributed by atoms with Crippen molar-refractivity contribution in [3.63, 3.8) is 0 Å². The SMILES string of the molecule is CCN(CC)CCCCCCCCCC1CO1. The summed E-state index contributed by atoms with van der Waals surface area (Å²) >= 11 is 0. The fourth-order valence-corrected chi connectivity index (χ4v) is 2.37. The standard InChI is InChI=1S/C15H31NO/c1-3-16(4-2)13-11-9-7-5-6-8-10-12-15-14-17-15/h15H,3-14H2,1-2H3. The molecule has 1 atom stereocenters. The predicted octanol–water partition coefficient (Wildman–Crippen LogP) is 3.85. The first-order chi connectivity index (χ1) is 8.36. The van der Waals surface area contributed by atoms with Gasteiger partial charge < -0.3 is 9.64 Å². The number of epoxide rings is 1. The molecule has 1 heterocycles. The van der Waals surface area contributed by atoms with Crippen LogP contribution in [-0.4, -0.2) is 37.2 Å². The molecule has 0 aliphatic carbocycles. The predicted molar refractivity (Wildman–Crippen MR) is 74.5 cm³/mol. The Labute approximate surface area is 108 Å². The molecule has 1 unspecified atom stereocenters. The Morgan fingerprint density at radius 2 is 1.41 bits per heavy atom. The maximum Gasteiger partial charge on any atom is 0.0810 e. The van der Waals surface area contributed by atoms with Crippen LogP contribution in [0.2, 0.25) is 0 Å². The smallest absolute Gasteiger partial charge is 0.0810 e. The Bertz CT molecular complexity index is 164. The first-order valence-electron chi connectivity index (χ1n) is 7.70. The first kappa shape index (κ1) is 15.0. The van der Waals surface area contributed by atoms with E-state index in [4.69, 9.17) is 4.74 Å². The third kappa shape index (κ3) is 8.62. The van der Waals surface area contributed by atoms with Crippen molar-refractivity contribution in [1.82, 2.24) is 4.90 Å². The maximum atomic E-state index is 5.21. The third-order valence-corrected chi connectivity index (χ3v) is 3.80. The van der Waals surface area contributed by atoms with E-state index in [1.807, 2.05) is 0 Å². The topological polar surface area (TPSA) is 15.8 Å². The number of rotatable bonds is 12. The van der Waals surface area contributed by atoms with Gasteiger partial charge in [0.15, 0.2) is 0 Å². The van der Waals surface area contributed by atoms with E-state index in [0.717, 1.165) is 6.61 Å². The molecule has 17 heavy (non-hydrogen) atoms. The van der Waals surface area contributed by atoms with Crippen LogP contribution in [0.1, 0.15) is 65.2 Å². The number of nitrogens with zero attached hydrogens (tertiary/aromatic N) is 1. The third-order valence-electron chi connectivity index (χ3n) is 3.80. The lowest BCUT2D eigenvalue weighted by Crippen LogP contribution is -2.23. The van der Waals surface area contributed by atoms with Crippen molar-refractivity contribution in [2.75, 3.05) is 26.2 Å². The highest BCUT2D eigenvalue weighted by Crippen LogP contribution is 2.18. The molecule has 2 nitrogen and oxygen atoms in total. The molecule has 0 radical (unpaired) electrons. The van der Waals surface area contributed by atoms with Crippen molar-refractivity contribution in [3.8, 4) is 0 Å². The Morgan fingerprint density at radius 1 is 0.882 bits per heavy atom. The highest BCUT2D eigenvalue weighted by atomic mass is 16.6. The number of hydrogen-bond acceptors (Lipinski definition) is 2. The minimum Gasteiger partial charge on any atom is -0.373 e. The second-order valence-corrected chi connectivity index (χ2v) is 5.25. The van der Waals surface area contributed by atoms with Crippen LogP contribution in [0.15, 0.2) is 0 Å². The monoisotopic (exact) mass is 241 g/mol. The fourth-order valence-electron chi connectivity index (χ4n) is 2.37. The summed E-state index contributed by atoms with van der Waals surface area (Å²) < 4.78 is 5.21. The van der Waals surface area contributed by atoms with Crippen LogP contribution in [0.25, 0.3) is 0 Å². The van der Waals surface area contributed by atoms with Crippen molar-refractivity contribution >= 4 is 0 Å². The lowest BCUT2D eigenvalue weighted by Gasteiger charge is -2.17. The van der Waals surface area contributed by atoms with Crippen LogP contribution < -0.4 is 0 Å². The van der Waals surface area contributed by atoms with E-state index in [9.17, 15) is 0 Å². The normalized spacial score (nSPS) is 18.9. The minimum absolute atomic E-state index is 0.643. The van der Waals surface area contributed by atoms with E-state index < -0.39 is 0 Å². The number of unbranched alkanes of at least 4 members (excludes halogenated alkanes) is 6. The fraction of sp³-hybridized carbons (Fsp3) is 1.00. The van der Waals surface area contributed by atoms with E-state index in [-0.39, 0.29) is 0 Å². The molecule has 1 rings (SSSR count). The molecule has 0 aromatic heterocycles. The molecule has 1 aliphatic rings. The Balaban J connectivity index is 1.71. The van der Waals surface area contributed by atoms with E-state index >= 15 is 0 Å². The number of hydrogen-bond donors (Lipinski definition) is 0. The zero-order valence-corrected chi connectivity index (χ0v) is 11.9. The molecule has 0 aromatic rings. The maximum absolute atomic E-state index is 5.21. The van der Waals surface area contributed by atoms with Crippen molar-refractivity contribution in [2.24, 2.45) is 0 Å². The Kier molecular flexibility index (Phi) is 8.72. The molecule has 0 amide bonds. The van der Waals surface area contributed by atoms with Crippen LogP contribution in [-0.2, 0) is 4.74 Å². The summed E-state index contributed by atoms with van der Waals surface area (Å²) in [6.45, 7) is 9.26. The van der Waals surface area contributed by atoms with Gasteiger partial charge in [0, 0.05) is 0 Å². The average molecular weight is 241 g/mol. The molecule has 1 saturated heterocycles. The zero-order valence-electron chi connectivity index (χ0n) is 11.9. The van der Waals surface area contributed by atoms with Crippen molar-refractivity contribution in [2.45, 2.75) is 71.3 Å². The van der Waals surface area contributed by atoms with Gasteiger partial charge in [-0.1, -0.05) is 52.4 Å². The van der Waals surface area contributed by atoms with Gasteiger partial charge in [0.25, 0.3) is 0 Å². The van der Waals surface area contributed by atoms with Gasteiger partial charge in [-0.15, -0.1) is 0 Å². The summed E-state index contributed by atoms with van der Waals surface area (Å²) in [6.07, 6.45) is 11.8. The van der Waals surface area contributed by atoms with Gasteiger partial charge in [-0.3, -0.25) is 0 Å². The quantitative estimate of drug-likeness (QED) is 0.381. The molecule has 0 bridgehead atoms. The first-order valence-corrected chi connectivity index (χ1v) is 7.70. The molecular formula is C15H31NO. The highest BCUT2D eigenvalue weighted by Gasteiger charge is 2.20. The van der Waals surface area contributed by atoms with Gasteiger partial charge in [-0.2, -0.15) is 0 Å². The van der Waals surface area contributed by atoms with Crippen LogP contribution in [0.4, 0.5) is 0 Å². The van der Waals surface area contributed by atoms with E-state index in [1.54, 1.807) is 0 Å². The lowest BCUT2D eigenvalue weighted by molar-refractivity contribution is 0.295. The van der Waals surface area contributed by atoms with Gasteiger partial charge in [-0.25, -0.2) is 0 Å². The van der Waals surface area contributed by atoms with Crippen molar-refractivity contribution < 1.29 is 4.74 Å². The van der Waals surface area contributed by atoms with Crippen LogP contribution in [0, 0.1) is 0 Å². The van der Waals surface area contributed by atoms with E-state index in [0.29, 0.717) is 6.10 Å². The molecular weight excluding hydrogens is 210 g/mol. The summed E-state index contributed by atoms with van der Waals surface area (Å²) in [4.78, 5) is 2.52. The molecule has 1 fully saturated rings. The minimum atomic E-state index is 0.643. The van der Waals surface area contributed by atoms with Gasteiger partial charge >= 0.3 is 0 Å². The molecule has 1 aliphatic heterocycles. The van der Waals surface area contributed by atoms with Gasteiger partial charge in [0.05, 0.1) is 12.7 Å². The van der Waals surface area contributed by atoms with E-state index in [1.165, 1.54) is 71.0 Å². The van der Waals surface area contributed by atoms with Crippen LogP contribution >= 0.6 is 0 Å². The van der Waals surface area contributed by atoms with Crippen LogP contribution in [0.3, 0.4) is 0 Å². The van der Waals surface area contributed by atoms with Gasteiger partial charge in [-0.05, 0) is 32.5 Å². The summed E-state index contributed by atoms with van der Waals surface area (Å²) in [5.41, 5.74) is 0. The second-order valence-electron chi connectivity index (χ2n) is 5.25.